The van der Waals surface area contributed by atoms with Crippen LogP contribution < -0.4 is 5.32 Å². The molecule has 0 radical (unpaired) electrons. The molecule has 16 heavy (non-hydrogen) atoms. The lowest BCUT2D eigenvalue weighted by atomic mass is 10.3. The minimum absolute atomic E-state index is 0.710. The molecule has 0 aromatic carbocycles. The Balaban J connectivity index is 2.56. The minimum atomic E-state index is 0.710. The van der Waals surface area contributed by atoms with Gasteiger partial charge < -0.3 is 9.88 Å². The van der Waals surface area contributed by atoms with Gasteiger partial charge in [0.2, 0.25) is 5.95 Å². The molecule has 1 heterocycles. The first-order valence-corrected chi connectivity index (χ1v) is 7.26. The number of aromatic nitrogens is 2. The van der Waals surface area contributed by atoms with E-state index in [9.17, 15) is 0 Å². The van der Waals surface area contributed by atoms with Crippen molar-refractivity contribution in [2.75, 3.05) is 18.1 Å². The van der Waals surface area contributed by atoms with Gasteiger partial charge in [-0.25, -0.2) is 4.98 Å². The largest absolute Gasteiger partial charge is 0.356 e. The second kappa shape index (κ2) is 6.84. The number of nitrogens with one attached hydrogen (secondary N) is 1. The van der Waals surface area contributed by atoms with Gasteiger partial charge >= 0.3 is 0 Å². The quantitative estimate of drug-likeness (QED) is 0.795. The molecule has 0 saturated carbocycles. The van der Waals surface area contributed by atoms with Gasteiger partial charge in [0.25, 0.3) is 0 Å². The molecule has 1 N–H and O–H groups in total. The molecule has 92 valence electrons. The summed E-state index contributed by atoms with van der Waals surface area (Å²) in [5.41, 5.74) is 1.09. The number of nitrogens with zero attached hydrogens (tertiary/aromatic N) is 2. The Morgan fingerprint density at radius 1 is 1.56 bits per heavy atom. The summed E-state index contributed by atoms with van der Waals surface area (Å²) in [5, 5.41) is 4.08. The van der Waals surface area contributed by atoms with Crippen molar-refractivity contribution in [1.82, 2.24) is 9.55 Å². The third-order valence-corrected chi connectivity index (χ3v) is 3.65. The zero-order valence-corrected chi connectivity index (χ0v) is 11.6. The monoisotopic (exact) mass is 241 g/mol. The predicted octanol–water partition coefficient (Wildman–Crippen LogP) is 3.16. The Labute approximate surface area is 103 Å². The average Bonchev–Trinajstić information content (AvgIpc) is 2.63. The fourth-order valence-corrected chi connectivity index (χ4v) is 1.87. The number of thioether (sulfide) groups is 1. The van der Waals surface area contributed by atoms with Crippen LogP contribution in [0.5, 0.6) is 0 Å². The summed E-state index contributed by atoms with van der Waals surface area (Å²) < 4.78 is 2.23. The van der Waals surface area contributed by atoms with Crippen molar-refractivity contribution in [2.24, 2.45) is 0 Å². The van der Waals surface area contributed by atoms with E-state index >= 15 is 0 Å². The molecular weight excluding hydrogens is 218 g/mol. The van der Waals surface area contributed by atoms with E-state index in [1.54, 1.807) is 0 Å². The van der Waals surface area contributed by atoms with Gasteiger partial charge in [0.05, 0.1) is 5.69 Å². The first-order chi connectivity index (χ1) is 7.67. The van der Waals surface area contributed by atoms with E-state index in [0.717, 1.165) is 31.2 Å². The molecule has 0 amide bonds. The maximum Gasteiger partial charge on any atom is 0.203 e. The van der Waals surface area contributed by atoms with Crippen molar-refractivity contribution >= 4 is 17.7 Å². The number of rotatable bonds is 7. The lowest BCUT2D eigenvalue weighted by Gasteiger charge is -2.11. The van der Waals surface area contributed by atoms with Crippen LogP contribution in [0, 0.1) is 6.92 Å². The zero-order valence-electron chi connectivity index (χ0n) is 10.8. The van der Waals surface area contributed by atoms with Crippen molar-refractivity contribution in [1.29, 1.82) is 0 Å². The Morgan fingerprint density at radius 2 is 2.31 bits per heavy atom. The van der Waals surface area contributed by atoms with Gasteiger partial charge in [0.1, 0.15) is 0 Å². The van der Waals surface area contributed by atoms with Crippen LogP contribution in [0.3, 0.4) is 0 Å². The van der Waals surface area contributed by atoms with Crippen LogP contribution >= 0.6 is 11.8 Å². The third-order valence-electron chi connectivity index (χ3n) is 2.61. The van der Waals surface area contributed by atoms with E-state index in [2.05, 4.69) is 41.2 Å². The van der Waals surface area contributed by atoms with Crippen LogP contribution in [0.15, 0.2) is 6.20 Å². The Kier molecular flexibility index (Phi) is 5.74. The van der Waals surface area contributed by atoms with Crippen molar-refractivity contribution in [3.8, 4) is 0 Å². The molecule has 1 rings (SSSR count). The summed E-state index contributed by atoms with van der Waals surface area (Å²) in [6.45, 7) is 8.53. The van der Waals surface area contributed by atoms with Gasteiger partial charge in [-0.2, -0.15) is 11.8 Å². The van der Waals surface area contributed by atoms with E-state index in [-0.39, 0.29) is 0 Å². The van der Waals surface area contributed by atoms with Crippen LogP contribution in [0.4, 0.5) is 5.95 Å². The summed E-state index contributed by atoms with van der Waals surface area (Å²) in [7, 11) is 0. The van der Waals surface area contributed by atoms with Crippen molar-refractivity contribution in [3.63, 3.8) is 0 Å². The minimum Gasteiger partial charge on any atom is -0.356 e. The summed E-state index contributed by atoms with van der Waals surface area (Å²) in [5.74, 6) is 1.02. The summed E-state index contributed by atoms with van der Waals surface area (Å²) >= 11 is 1.92. The summed E-state index contributed by atoms with van der Waals surface area (Å²) in [4.78, 5) is 4.50. The maximum atomic E-state index is 4.50. The van der Waals surface area contributed by atoms with Gasteiger partial charge in [0.15, 0.2) is 0 Å². The highest BCUT2D eigenvalue weighted by atomic mass is 32.2. The van der Waals surface area contributed by atoms with Crippen molar-refractivity contribution < 1.29 is 0 Å². The molecule has 3 nitrogen and oxygen atoms in total. The van der Waals surface area contributed by atoms with Crippen molar-refractivity contribution in [2.45, 2.75) is 45.4 Å². The highest BCUT2D eigenvalue weighted by Crippen LogP contribution is 2.14. The third kappa shape index (κ3) is 4.08. The van der Waals surface area contributed by atoms with Gasteiger partial charge in [-0.1, -0.05) is 13.8 Å². The van der Waals surface area contributed by atoms with Gasteiger partial charge in [-0.15, -0.1) is 0 Å². The van der Waals surface area contributed by atoms with Crippen molar-refractivity contribution in [3.05, 3.63) is 11.9 Å². The smallest absolute Gasteiger partial charge is 0.203 e. The van der Waals surface area contributed by atoms with Crippen LogP contribution in [0.25, 0.3) is 0 Å². The first-order valence-electron chi connectivity index (χ1n) is 5.97. The maximum absolute atomic E-state index is 4.50. The predicted molar refractivity (Wildman–Crippen MR) is 73.3 cm³/mol. The number of aryl methyl sites for hydroxylation is 2. The first kappa shape index (κ1) is 13.4. The fraction of sp³-hybridized carbons (Fsp3) is 0.750. The van der Waals surface area contributed by atoms with Crippen LogP contribution in [-0.4, -0.2) is 27.6 Å². The Morgan fingerprint density at radius 3 is 2.94 bits per heavy atom. The van der Waals surface area contributed by atoms with Gasteiger partial charge in [-0.05, 0) is 26.0 Å². The van der Waals surface area contributed by atoms with E-state index in [4.69, 9.17) is 0 Å². The molecule has 1 unspecified atom stereocenters. The van der Waals surface area contributed by atoms with Gasteiger partial charge in [0, 0.05) is 24.5 Å². The highest BCUT2D eigenvalue weighted by molar-refractivity contribution is 7.99. The Bertz CT molecular complexity index is 309. The number of hydrogen-bond acceptors (Lipinski definition) is 3. The topological polar surface area (TPSA) is 29.9 Å². The SMILES string of the molecule is CCCNc1nc(C)cn1CCC(C)SC. The van der Waals surface area contributed by atoms with Gasteiger partial charge in [-0.3, -0.25) is 0 Å². The van der Waals surface area contributed by atoms with Crippen LogP contribution in [-0.2, 0) is 6.54 Å². The van der Waals surface area contributed by atoms with E-state index in [0.29, 0.717) is 5.25 Å². The summed E-state index contributed by atoms with van der Waals surface area (Å²) in [6, 6.07) is 0. The normalized spacial score (nSPS) is 12.8. The van der Waals surface area contributed by atoms with E-state index in [1.165, 1.54) is 6.42 Å². The van der Waals surface area contributed by atoms with E-state index in [1.807, 2.05) is 18.7 Å². The molecule has 0 spiro atoms. The molecule has 0 bridgehead atoms. The van der Waals surface area contributed by atoms with Crippen LogP contribution in [0.2, 0.25) is 0 Å². The molecule has 0 saturated heterocycles. The lowest BCUT2D eigenvalue weighted by Crippen LogP contribution is -2.10. The molecule has 1 atom stereocenters. The summed E-state index contributed by atoms with van der Waals surface area (Å²) in [6.07, 6.45) is 6.62. The fourth-order valence-electron chi connectivity index (χ4n) is 1.53. The molecule has 4 heteroatoms. The second-order valence-electron chi connectivity index (χ2n) is 4.16. The second-order valence-corrected chi connectivity index (χ2v) is 5.44. The zero-order chi connectivity index (χ0) is 12.0. The highest BCUT2D eigenvalue weighted by Gasteiger charge is 2.06. The van der Waals surface area contributed by atoms with E-state index < -0.39 is 0 Å². The average molecular weight is 241 g/mol. The van der Waals surface area contributed by atoms with Crippen LogP contribution in [0.1, 0.15) is 32.4 Å². The lowest BCUT2D eigenvalue weighted by molar-refractivity contribution is 0.643. The number of imidazole rings is 1. The molecule has 1 aromatic rings. The number of anilines is 1. The molecule has 0 aliphatic heterocycles. The molecule has 0 aliphatic carbocycles. The molecular formula is C12H23N3S. The molecule has 0 fully saturated rings. The molecule has 0 aliphatic rings. The molecule has 1 aromatic heterocycles. The standard InChI is InChI=1S/C12H23N3S/c1-5-7-13-12-14-10(2)9-15(12)8-6-11(3)16-4/h9,11H,5-8H2,1-4H3,(H,13,14). The Hall–Kier alpha value is -0.640. The number of hydrogen-bond donors (Lipinski definition) is 1.